The van der Waals surface area contributed by atoms with E-state index in [1.807, 2.05) is 31.2 Å². The normalized spacial score (nSPS) is 15.2. The van der Waals surface area contributed by atoms with E-state index in [1.54, 1.807) is 19.1 Å². The minimum Gasteiger partial charge on any atom is -0.357 e. The molecular weight excluding hydrogens is 430 g/mol. The monoisotopic (exact) mass is 457 g/mol. The molecule has 1 heterocycles. The van der Waals surface area contributed by atoms with Crippen LogP contribution in [0.25, 0.3) is 0 Å². The van der Waals surface area contributed by atoms with Gasteiger partial charge in [0.15, 0.2) is 0 Å². The van der Waals surface area contributed by atoms with Crippen molar-refractivity contribution in [2.75, 3.05) is 13.6 Å². The number of likely N-dealkylation sites (N-methyl/N-ethyl adjacent to an activating group) is 1. The summed E-state index contributed by atoms with van der Waals surface area (Å²) in [5.74, 6) is -1.16. The second-order valence-corrected chi connectivity index (χ2v) is 9.61. The van der Waals surface area contributed by atoms with Crippen LogP contribution in [-0.4, -0.2) is 55.0 Å². The lowest BCUT2D eigenvalue weighted by Crippen LogP contribution is -2.46. The van der Waals surface area contributed by atoms with Crippen LogP contribution in [-0.2, 0) is 26.2 Å². The number of fused-ring (bicyclic) bond motifs is 1. The quantitative estimate of drug-likeness (QED) is 0.654. The van der Waals surface area contributed by atoms with Gasteiger partial charge in [0.1, 0.15) is 10.9 Å². The number of hydrogen-bond acceptors (Lipinski definition) is 5. The third-order valence-corrected chi connectivity index (χ3v) is 7.35. The average Bonchev–Trinajstić information content (AvgIpc) is 2.97. The lowest BCUT2D eigenvalue weighted by atomic mass is 10.1. The molecule has 0 radical (unpaired) electrons. The van der Waals surface area contributed by atoms with Crippen molar-refractivity contribution >= 4 is 27.7 Å². The fourth-order valence-electron chi connectivity index (χ4n) is 3.77. The van der Waals surface area contributed by atoms with Crippen LogP contribution in [0.3, 0.4) is 0 Å². The largest absolute Gasteiger partial charge is 0.357 e. The zero-order valence-electron chi connectivity index (χ0n) is 18.4. The third-order valence-electron chi connectivity index (χ3n) is 5.51. The molecule has 9 heteroatoms. The van der Waals surface area contributed by atoms with Gasteiger partial charge < -0.3 is 10.2 Å². The van der Waals surface area contributed by atoms with Gasteiger partial charge in [-0.2, -0.15) is 0 Å². The molecule has 0 fully saturated rings. The number of carbonyl (C=O) groups excluding carboxylic acids is 3. The lowest BCUT2D eigenvalue weighted by molar-refractivity contribution is -0.140. The zero-order valence-corrected chi connectivity index (χ0v) is 19.2. The van der Waals surface area contributed by atoms with Gasteiger partial charge in [-0.3, -0.25) is 14.4 Å². The minimum absolute atomic E-state index is 0.00277. The van der Waals surface area contributed by atoms with Gasteiger partial charge in [-0.25, -0.2) is 12.7 Å². The maximum atomic E-state index is 13.0. The SMILES string of the molecule is CNC(=O)[C@@H](C)N(Cc1cccc(C)c1)C(=O)CCCN1C(=O)c2ccccc2S1(=O)=O. The van der Waals surface area contributed by atoms with Crippen molar-refractivity contribution in [1.82, 2.24) is 14.5 Å². The molecule has 0 saturated carbocycles. The number of nitrogens with one attached hydrogen (secondary N) is 1. The molecule has 0 bridgehead atoms. The van der Waals surface area contributed by atoms with Crippen molar-refractivity contribution in [3.63, 3.8) is 0 Å². The van der Waals surface area contributed by atoms with Crippen LogP contribution in [0.2, 0.25) is 0 Å². The first kappa shape index (κ1) is 23.5. The number of nitrogens with zero attached hydrogens (tertiary/aromatic N) is 2. The summed E-state index contributed by atoms with van der Waals surface area (Å²) >= 11 is 0. The van der Waals surface area contributed by atoms with E-state index in [0.717, 1.165) is 15.4 Å². The van der Waals surface area contributed by atoms with Crippen molar-refractivity contribution in [3.8, 4) is 0 Å². The van der Waals surface area contributed by atoms with E-state index in [0.29, 0.717) is 0 Å². The standard InChI is InChI=1S/C23H27N3O5S/c1-16-8-6-9-18(14-16)15-25(17(2)22(28)24-3)21(27)12-7-13-26-23(29)19-10-4-5-11-20(19)32(26,30)31/h4-6,8-11,14,17H,7,12-13,15H2,1-3H3,(H,24,28)/t17-/m1/s1. The highest BCUT2D eigenvalue weighted by Crippen LogP contribution is 2.30. The lowest BCUT2D eigenvalue weighted by Gasteiger charge is -2.28. The molecule has 0 aromatic heterocycles. The van der Waals surface area contributed by atoms with Crippen molar-refractivity contribution in [3.05, 3.63) is 65.2 Å². The predicted octanol–water partition coefficient (Wildman–Crippen LogP) is 2.08. The Kier molecular flexibility index (Phi) is 6.98. The van der Waals surface area contributed by atoms with E-state index in [-0.39, 0.29) is 48.2 Å². The van der Waals surface area contributed by atoms with Crippen molar-refractivity contribution < 1.29 is 22.8 Å². The molecular formula is C23H27N3O5S. The van der Waals surface area contributed by atoms with Gasteiger partial charge in [0.2, 0.25) is 11.8 Å². The summed E-state index contributed by atoms with van der Waals surface area (Å²) in [5.41, 5.74) is 2.08. The second-order valence-electron chi connectivity index (χ2n) is 7.78. The summed E-state index contributed by atoms with van der Waals surface area (Å²) in [6.07, 6.45) is 0.158. The Morgan fingerprint density at radius 3 is 2.50 bits per heavy atom. The summed E-state index contributed by atoms with van der Waals surface area (Å²) in [6.45, 7) is 3.75. The minimum atomic E-state index is -3.91. The Bertz CT molecular complexity index is 1150. The van der Waals surface area contributed by atoms with E-state index in [4.69, 9.17) is 0 Å². The predicted molar refractivity (Wildman–Crippen MR) is 119 cm³/mol. The highest BCUT2D eigenvalue weighted by atomic mass is 32.2. The van der Waals surface area contributed by atoms with E-state index >= 15 is 0 Å². The Hall–Kier alpha value is -3.20. The number of sulfonamides is 1. The van der Waals surface area contributed by atoms with Gasteiger partial charge >= 0.3 is 0 Å². The van der Waals surface area contributed by atoms with E-state index in [2.05, 4.69) is 5.32 Å². The van der Waals surface area contributed by atoms with Crippen molar-refractivity contribution in [1.29, 1.82) is 0 Å². The molecule has 1 atom stereocenters. The number of amides is 3. The molecule has 3 amide bonds. The van der Waals surface area contributed by atoms with Gasteiger partial charge in [-0.05, 0) is 38.0 Å². The maximum Gasteiger partial charge on any atom is 0.269 e. The van der Waals surface area contributed by atoms with Crippen LogP contribution in [0, 0.1) is 6.92 Å². The van der Waals surface area contributed by atoms with Crippen molar-refractivity contribution in [2.45, 2.75) is 44.2 Å². The fourth-order valence-corrected chi connectivity index (χ4v) is 5.38. The third kappa shape index (κ3) is 4.67. The first-order valence-corrected chi connectivity index (χ1v) is 11.8. The molecule has 1 N–H and O–H groups in total. The Labute approximate surface area is 188 Å². The highest BCUT2D eigenvalue weighted by Gasteiger charge is 2.40. The molecule has 32 heavy (non-hydrogen) atoms. The average molecular weight is 458 g/mol. The highest BCUT2D eigenvalue weighted by molar-refractivity contribution is 7.90. The molecule has 0 saturated heterocycles. The molecule has 2 aromatic rings. The molecule has 170 valence electrons. The molecule has 3 rings (SSSR count). The Balaban J connectivity index is 1.70. The van der Waals surface area contributed by atoms with Gasteiger partial charge in [0.05, 0.1) is 5.56 Å². The van der Waals surface area contributed by atoms with Crippen LogP contribution in [0.1, 0.15) is 41.3 Å². The van der Waals surface area contributed by atoms with Gasteiger partial charge in [0, 0.05) is 26.6 Å². The van der Waals surface area contributed by atoms with Gasteiger partial charge in [-0.1, -0.05) is 42.0 Å². The van der Waals surface area contributed by atoms with Crippen LogP contribution < -0.4 is 5.32 Å². The van der Waals surface area contributed by atoms with Crippen molar-refractivity contribution in [2.24, 2.45) is 0 Å². The fraction of sp³-hybridized carbons (Fsp3) is 0.348. The topological polar surface area (TPSA) is 104 Å². The summed E-state index contributed by atoms with van der Waals surface area (Å²) in [6, 6.07) is 13.0. The molecule has 1 aliphatic heterocycles. The summed E-state index contributed by atoms with van der Waals surface area (Å²) in [5, 5.41) is 2.56. The zero-order chi connectivity index (χ0) is 23.5. The summed E-state index contributed by atoms with van der Waals surface area (Å²) in [4.78, 5) is 39.2. The number of hydrogen-bond donors (Lipinski definition) is 1. The molecule has 0 spiro atoms. The molecule has 2 aromatic carbocycles. The first-order chi connectivity index (χ1) is 15.2. The molecule has 8 nitrogen and oxygen atoms in total. The Morgan fingerprint density at radius 2 is 1.84 bits per heavy atom. The van der Waals surface area contributed by atoms with E-state index in [9.17, 15) is 22.8 Å². The Morgan fingerprint density at radius 1 is 1.12 bits per heavy atom. The van der Waals surface area contributed by atoms with E-state index in [1.165, 1.54) is 24.1 Å². The first-order valence-electron chi connectivity index (χ1n) is 10.4. The summed E-state index contributed by atoms with van der Waals surface area (Å²) in [7, 11) is -2.40. The van der Waals surface area contributed by atoms with Crippen LogP contribution in [0.5, 0.6) is 0 Å². The van der Waals surface area contributed by atoms with Crippen LogP contribution in [0.4, 0.5) is 0 Å². The van der Waals surface area contributed by atoms with E-state index < -0.39 is 22.0 Å². The smallest absolute Gasteiger partial charge is 0.269 e. The molecule has 1 aliphatic rings. The number of carbonyl (C=O) groups is 3. The van der Waals surface area contributed by atoms with Gasteiger partial charge in [-0.15, -0.1) is 0 Å². The van der Waals surface area contributed by atoms with Crippen LogP contribution >= 0.6 is 0 Å². The maximum absolute atomic E-state index is 13.0. The number of rotatable bonds is 8. The van der Waals surface area contributed by atoms with Crippen LogP contribution in [0.15, 0.2) is 53.4 Å². The number of benzene rings is 2. The second kappa shape index (κ2) is 9.52. The molecule has 0 aliphatic carbocycles. The van der Waals surface area contributed by atoms with Gasteiger partial charge in [0.25, 0.3) is 15.9 Å². The number of aryl methyl sites for hydroxylation is 1. The molecule has 0 unspecified atom stereocenters. The summed E-state index contributed by atoms with van der Waals surface area (Å²) < 4.78 is 26.2.